The van der Waals surface area contributed by atoms with Gasteiger partial charge in [0.15, 0.2) is 0 Å². The van der Waals surface area contributed by atoms with Crippen molar-refractivity contribution in [3.8, 4) is 5.75 Å². The molecule has 2 aromatic rings. The van der Waals surface area contributed by atoms with Gasteiger partial charge in [0.25, 0.3) is 0 Å². The Labute approximate surface area is 191 Å². The van der Waals surface area contributed by atoms with Crippen LogP contribution in [0, 0.1) is 0 Å². The number of carbonyl (C=O) groups is 1. The summed E-state index contributed by atoms with van der Waals surface area (Å²) in [6.07, 6.45) is 0.993. The first kappa shape index (κ1) is 24.2. The molecule has 32 heavy (non-hydrogen) atoms. The van der Waals surface area contributed by atoms with E-state index in [1.807, 2.05) is 30.0 Å². The van der Waals surface area contributed by atoms with Crippen molar-refractivity contribution in [3.05, 3.63) is 54.1 Å². The van der Waals surface area contributed by atoms with E-state index in [1.165, 1.54) is 4.31 Å². The number of amides is 1. The first-order valence-electron chi connectivity index (χ1n) is 11.1. The van der Waals surface area contributed by atoms with E-state index < -0.39 is 10.0 Å². The zero-order valence-corrected chi connectivity index (χ0v) is 20.1. The Morgan fingerprint density at radius 3 is 2.25 bits per heavy atom. The summed E-state index contributed by atoms with van der Waals surface area (Å²) in [6.45, 7) is 7.83. The topological polar surface area (TPSA) is 79.0 Å². The molecule has 1 N–H and O–H groups in total. The summed E-state index contributed by atoms with van der Waals surface area (Å²) >= 11 is 0. The van der Waals surface area contributed by atoms with Crippen molar-refractivity contribution in [1.29, 1.82) is 0 Å². The Hall–Kier alpha value is -2.42. The lowest BCUT2D eigenvalue weighted by molar-refractivity contribution is -0.121. The van der Waals surface area contributed by atoms with Crippen LogP contribution >= 0.6 is 0 Å². The second-order valence-corrected chi connectivity index (χ2v) is 10.1. The minimum Gasteiger partial charge on any atom is -0.497 e. The van der Waals surface area contributed by atoms with Gasteiger partial charge in [-0.05, 0) is 55.2 Å². The molecule has 1 aliphatic rings. The molecule has 0 saturated carbocycles. The molecular weight excluding hydrogens is 426 g/mol. The summed E-state index contributed by atoms with van der Waals surface area (Å²) < 4.78 is 32.5. The Morgan fingerprint density at radius 1 is 1.03 bits per heavy atom. The molecule has 8 heteroatoms. The molecule has 0 aromatic heterocycles. The minimum atomic E-state index is -3.57. The molecule has 0 bridgehead atoms. The maximum absolute atomic E-state index is 13.0. The zero-order chi connectivity index (χ0) is 23.3. The molecule has 0 spiro atoms. The van der Waals surface area contributed by atoms with Gasteiger partial charge in [0, 0.05) is 31.9 Å². The predicted octanol–water partition coefficient (Wildman–Crippen LogP) is 3.54. The molecule has 174 valence electrons. The van der Waals surface area contributed by atoms with Gasteiger partial charge in [-0.1, -0.05) is 32.0 Å². The fourth-order valence-corrected chi connectivity index (χ4v) is 5.31. The van der Waals surface area contributed by atoms with Gasteiger partial charge in [0.05, 0.1) is 18.0 Å². The van der Waals surface area contributed by atoms with Gasteiger partial charge in [-0.2, -0.15) is 4.31 Å². The monoisotopic (exact) mass is 459 g/mol. The predicted molar refractivity (Wildman–Crippen MR) is 127 cm³/mol. The third kappa shape index (κ3) is 5.31. The second kappa shape index (κ2) is 10.5. The van der Waals surface area contributed by atoms with Gasteiger partial charge in [-0.25, -0.2) is 8.42 Å². The molecule has 1 fully saturated rings. The number of nitrogens with one attached hydrogen (secondary N) is 1. The van der Waals surface area contributed by atoms with E-state index in [9.17, 15) is 13.2 Å². The molecular formula is C24H33N3O4S. The fraction of sp³-hybridized carbons (Fsp3) is 0.458. The standard InChI is InChI=1S/C24H33N3O4S/c1-5-18(2)22-8-6-7-9-23(22)25-24(28)19(3)26-14-16-27(17-15-26)32(29,30)21-12-10-20(31-4)11-13-21/h6-13,18-19H,5,14-17H2,1-4H3,(H,25,28). The molecule has 2 aromatic carbocycles. The highest BCUT2D eigenvalue weighted by atomic mass is 32.2. The van der Waals surface area contributed by atoms with Crippen molar-refractivity contribution in [2.45, 2.75) is 44.0 Å². The van der Waals surface area contributed by atoms with Gasteiger partial charge < -0.3 is 10.1 Å². The van der Waals surface area contributed by atoms with E-state index in [-0.39, 0.29) is 16.8 Å². The summed E-state index contributed by atoms with van der Waals surface area (Å²) in [5.74, 6) is 0.893. The third-order valence-electron chi connectivity index (χ3n) is 6.26. The third-order valence-corrected chi connectivity index (χ3v) is 8.17. The summed E-state index contributed by atoms with van der Waals surface area (Å²) in [7, 11) is -2.03. The minimum absolute atomic E-state index is 0.0767. The Balaban J connectivity index is 1.61. The number of hydrogen-bond donors (Lipinski definition) is 1. The van der Waals surface area contributed by atoms with Crippen molar-refractivity contribution < 1.29 is 17.9 Å². The van der Waals surface area contributed by atoms with Gasteiger partial charge in [-0.15, -0.1) is 0 Å². The van der Waals surface area contributed by atoms with E-state index in [0.29, 0.717) is 37.8 Å². The highest BCUT2D eigenvalue weighted by Gasteiger charge is 2.32. The number of ether oxygens (including phenoxy) is 1. The molecule has 0 radical (unpaired) electrons. The van der Waals surface area contributed by atoms with E-state index in [1.54, 1.807) is 31.4 Å². The maximum atomic E-state index is 13.0. The summed E-state index contributed by atoms with van der Waals surface area (Å²) in [5.41, 5.74) is 1.98. The fourth-order valence-electron chi connectivity index (χ4n) is 3.89. The van der Waals surface area contributed by atoms with Crippen LogP contribution in [0.2, 0.25) is 0 Å². The van der Waals surface area contributed by atoms with Crippen molar-refractivity contribution in [1.82, 2.24) is 9.21 Å². The summed E-state index contributed by atoms with van der Waals surface area (Å²) in [6, 6.07) is 14.0. The van der Waals surface area contributed by atoms with Crippen LogP contribution in [0.15, 0.2) is 53.4 Å². The van der Waals surface area contributed by atoms with Crippen molar-refractivity contribution in [2.75, 3.05) is 38.6 Å². The average molecular weight is 460 g/mol. The quantitative estimate of drug-likeness (QED) is 0.653. The average Bonchev–Trinajstić information content (AvgIpc) is 2.83. The second-order valence-electron chi connectivity index (χ2n) is 8.18. The lowest BCUT2D eigenvalue weighted by Crippen LogP contribution is -2.53. The van der Waals surface area contributed by atoms with E-state index in [2.05, 4.69) is 25.2 Å². The van der Waals surface area contributed by atoms with Gasteiger partial charge >= 0.3 is 0 Å². The maximum Gasteiger partial charge on any atom is 0.243 e. The van der Waals surface area contributed by atoms with Crippen LogP contribution in [0.3, 0.4) is 0 Å². The first-order valence-corrected chi connectivity index (χ1v) is 12.5. The summed E-state index contributed by atoms with van der Waals surface area (Å²) in [5, 5.41) is 3.08. The molecule has 1 heterocycles. The SMILES string of the molecule is CCC(C)c1ccccc1NC(=O)C(C)N1CCN(S(=O)(=O)c2ccc(OC)cc2)CC1. The zero-order valence-electron chi connectivity index (χ0n) is 19.2. The largest absolute Gasteiger partial charge is 0.497 e. The van der Waals surface area contributed by atoms with Crippen molar-refractivity contribution in [3.63, 3.8) is 0 Å². The number of rotatable bonds is 8. The van der Waals surface area contributed by atoms with Crippen LogP contribution in [0.5, 0.6) is 5.75 Å². The molecule has 0 aliphatic carbocycles. The molecule has 1 saturated heterocycles. The summed E-state index contributed by atoms with van der Waals surface area (Å²) in [4.78, 5) is 15.2. The lowest BCUT2D eigenvalue weighted by Gasteiger charge is -2.36. The number of methoxy groups -OCH3 is 1. The van der Waals surface area contributed by atoms with Crippen molar-refractivity contribution >= 4 is 21.6 Å². The van der Waals surface area contributed by atoms with E-state index in [4.69, 9.17) is 4.74 Å². The van der Waals surface area contributed by atoms with Crippen LogP contribution in [0.4, 0.5) is 5.69 Å². The molecule has 1 amide bonds. The number of anilines is 1. The highest BCUT2D eigenvalue weighted by Crippen LogP contribution is 2.27. The molecule has 1 aliphatic heterocycles. The number of benzene rings is 2. The number of nitrogens with zero attached hydrogens (tertiary/aromatic N) is 2. The molecule has 2 unspecified atom stereocenters. The van der Waals surface area contributed by atoms with Crippen LogP contribution in [0.25, 0.3) is 0 Å². The van der Waals surface area contributed by atoms with Gasteiger partial charge in [0.1, 0.15) is 5.75 Å². The first-order chi connectivity index (χ1) is 15.3. The van der Waals surface area contributed by atoms with Crippen LogP contribution in [-0.4, -0.2) is 62.9 Å². The number of carbonyl (C=O) groups excluding carboxylic acids is 1. The Morgan fingerprint density at radius 2 is 1.66 bits per heavy atom. The van der Waals surface area contributed by atoms with Crippen molar-refractivity contribution in [2.24, 2.45) is 0 Å². The highest BCUT2D eigenvalue weighted by molar-refractivity contribution is 7.89. The molecule has 2 atom stereocenters. The van der Waals surface area contributed by atoms with Gasteiger partial charge in [0.2, 0.25) is 15.9 Å². The van der Waals surface area contributed by atoms with E-state index >= 15 is 0 Å². The Kier molecular flexibility index (Phi) is 7.92. The molecule has 7 nitrogen and oxygen atoms in total. The van der Waals surface area contributed by atoms with Gasteiger partial charge in [-0.3, -0.25) is 9.69 Å². The Bertz CT molecular complexity index is 1020. The van der Waals surface area contributed by atoms with E-state index in [0.717, 1.165) is 17.7 Å². The van der Waals surface area contributed by atoms with Crippen LogP contribution in [0.1, 0.15) is 38.7 Å². The molecule has 3 rings (SSSR count). The number of para-hydroxylation sites is 1. The normalized spacial score (nSPS) is 17.5. The van der Waals surface area contributed by atoms with Crippen LogP contribution in [-0.2, 0) is 14.8 Å². The lowest BCUT2D eigenvalue weighted by atomic mass is 9.97. The smallest absolute Gasteiger partial charge is 0.243 e. The number of hydrogen-bond acceptors (Lipinski definition) is 5. The number of sulfonamides is 1. The number of piperazine rings is 1. The van der Waals surface area contributed by atoms with Crippen LogP contribution < -0.4 is 10.1 Å².